The zero-order chi connectivity index (χ0) is 14.4. The summed E-state index contributed by atoms with van der Waals surface area (Å²) in [6.07, 6.45) is -1.13. The topological polar surface area (TPSA) is 105 Å². The van der Waals surface area contributed by atoms with Crippen LogP contribution >= 0.6 is 0 Å². The van der Waals surface area contributed by atoms with Crippen molar-refractivity contribution in [3.8, 4) is 5.75 Å². The van der Waals surface area contributed by atoms with Crippen LogP contribution in [0.3, 0.4) is 0 Å². The number of non-ortho nitro benzene ring substituents is 1. The van der Waals surface area contributed by atoms with Gasteiger partial charge in [0.05, 0.1) is 23.3 Å². The maximum absolute atomic E-state index is 12.2. The molecular weight excluding hydrogens is 266 g/mol. The van der Waals surface area contributed by atoms with E-state index >= 15 is 0 Å². The third-order valence-electron chi connectivity index (χ3n) is 2.13. The Hall–Kier alpha value is -2.00. The first-order chi connectivity index (χ1) is 8.93. The second-order valence-corrected chi connectivity index (χ2v) is 3.53. The number of alkyl halides is 2. The van der Waals surface area contributed by atoms with Gasteiger partial charge in [-0.15, -0.1) is 0 Å². The normalized spacial score (nSPS) is 12.3. The van der Waals surface area contributed by atoms with E-state index in [1.165, 1.54) is 0 Å². The fourth-order valence-electron chi connectivity index (χ4n) is 1.26. The number of nitro groups is 1. The van der Waals surface area contributed by atoms with Crippen molar-refractivity contribution in [2.75, 3.05) is 18.5 Å². The number of hydrogen-bond donors (Lipinski definition) is 3. The minimum atomic E-state index is -3.08. The van der Waals surface area contributed by atoms with E-state index in [0.717, 1.165) is 18.2 Å². The molecule has 0 saturated carbocycles. The van der Waals surface area contributed by atoms with Gasteiger partial charge >= 0.3 is 6.61 Å². The quantitative estimate of drug-likeness (QED) is 0.507. The van der Waals surface area contributed by atoms with Crippen molar-refractivity contribution >= 4 is 11.4 Å². The molecule has 0 fully saturated rings. The lowest BCUT2D eigenvalue weighted by molar-refractivity contribution is -0.384. The summed E-state index contributed by atoms with van der Waals surface area (Å²) >= 11 is 0. The summed E-state index contributed by atoms with van der Waals surface area (Å²) in [7, 11) is 0. The first-order valence-corrected chi connectivity index (χ1v) is 5.20. The smallest absolute Gasteiger partial charge is 0.387 e. The molecule has 3 N–H and O–H groups in total. The fraction of sp³-hybridized carbons (Fsp3) is 0.400. The highest BCUT2D eigenvalue weighted by atomic mass is 19.3. The van der Waals surface area contributed by atoms with Crippen molar-refractivity contribution in [2.24, 2.45) is 0 Å². The summed E-state index contributed by atoms with van der Waals surface area (Å²) in [6.45, 7) is -3.78. The Labute approximate surface area is 106 Å². The standard InChI is InChI=1S/C10H12F2N2O5/c11-10(12)19-9-2-1-6(14(17)18)3-8(9)13-4-7(16)5-15/h1-3,7,10,13,15-16H,4-5H2. The molecular formula is C10H12F2N2O5. The number of anilines is 1. The van der Waals surface area contributed by atoms with Crippen molar-refractivity contribution in [1.29, 1.82) is 0 Å². The van der Waals surface area contributed by atoms with Crippen LogP contribution < -0.4 is 10.1 Å². The van der Waals surface area contributed by atoms with Crippen LogP contribution in [0.15, 0.2) is 18.2 Å². The second kappa shape index (κ2) is 6.81. The number of ether oxygens (including phenoxy) is 1. The Bertz CT molecular complexity index is 444. The Morgan fingerprint density at radius 3 is 2.68 bits per heavy atom. The van der Waals surface area contributed by atoms with E-state index in [2.05, 4.69) is 10.1 Å². The highest BCUT2D eigenvalue weighted by Gasteiger charge is 2.15. The van der Waals surface area contributed by atoms with E-state index in [-0.39, 0.29) is 23.7 Å². The van der Waals surface area contributed by atoms with Crippen LogP contribution in [0.25, 0.3) is 0 Å². The highest BCUT2D eigenvalue weighted by Crippen LogP contribution is 2.30. The van der Waals surface area contributed by atoms with Crippen LogP contribution in [-0.4, -0.2) is 41.0 Å². The van der Waals surface area contributed by atoms with Gasteiger partial charge in [-0.2, -0.15) is 8.78 Å². The molecule has 19 heavy (non-hydrogen) atoms. The Morgan fingerprint density at radius 2 is 2.16 bits per heavy atom. The molecule has 0 aliphatic rings. The van der Waals surface area contributed by atoms with Crippen LogP contribution in [0.2, 0.25) is 0 Å². The van der Waals surface area contributed by atoms with Crippen LogP contribution in [-0.2, 0) is 0 Å². The summed E-state index contributed by atoms with van der Waals surface area (Å²) in [6, 6.07) is 3.05. The molecule has 0 heterocycles. The van der Waals surface area contributed by atoms with Crippen molar-refractivity contribution in [3.63, 3.8) is 0 Å². The lowest BCUT2D eigenvalue weighted by Gasteiger charge is -2.14. The third-order valence-corrected chi connectivity index (χ3v) is 2.13. The maximum atomic E-state index is 12.2. The van der Waals surface area contributed by atoms with Crippen LogP contribution in [0, 0.1) is 10.1 Å². The summed E-state index contributed by atoms with van der Waals surface area (Å²) < 4.78 is 28.5. The molecule has 0 spiro atoms. The van der Waals surface area contributed by atoms with E-state index in [0.29, 0.717) is 0 Å². The van der Waals surface area contributed by atoms with Gasteiger partial charge < -0.3 is 20.3 Å². The van der Waals surface area contributed by atoms with Gasteiger partial charge in [0.15, 0.2) is 0 Å². The summed E-state index contributed by atoms with van der Waals surface area (Å²) in [5.41, 5.74) is -0.385. The molecule has 1 aromatic rings. The van der Waals surface area contributed by atoms with E-state index in [4.69, 9.17) is 10.2 Å². The lowest BCUT2D eigenvalue weighted by atomic mass is 10.2. The van der Waals surface area contributed by atoms with Crippen molar-refractivity contribution in [1.82, 2.24) is 0 Å². The fourth-order valence-corrected chi connectivity index (χ4v) is 1.26. The predicted molar refractivity (Wildman–Crippen MR) is 61.3 cm³/mol. The minimum Gasteiger partial charge on any atom is -0.433 e. The maximum Gasteiger partial charge on any atom is 0.387 e. The van der Waals surface area contributed by atoms with Gasteiger partial charge in [-0.05, 0) is 6.07 Å². The number of halogens is 2. The Kier molecular flexibility index (Phi) is 5.39. The molecule has 0 radical (unpaired) electrons. The second-order valence-electron chi connectivity index (χ2n) is 3.53. The number of benzene rings is 1. The van der Waals surface area contributed by atoms with Crippen LogP contribution in [0.1, 0.15) is 0 Å². The van der Waals surface area contributed by atoms with Crippen molar-refractivity contribution in [2.45, 2.75) is 12.7 Å². The van der Waals surface area contributed by atoms with Gasteiger partial charge in [0.2, 0.25) is 0 Å². The lowest BCUT2D eigenvalue weighted by Crippen LogP contribution is -2.23. The molecule has 1 atom stereocenters. The molecule has 7 nitrogen and oxygen atoms in total. The van der Waals surface area contributed by atoms with E-state index in [9.17, 15) is 18.9 Å². The van der Waals surface area contributed by atoms with Gasteiger partial charge in [-0.1, -0.05) is 0 Å². The average Bonchev–Trinajstić information content (AvgIpc) is 2.36. The van der Waals surface area contributed by atoms with E-state index < -0.39 is 24.2 Å². The molecule has 0 amide bonds. The van der Waals surface area contributed by atoms with E-state index in [1.807, 2.05) is 0 Å². The molecule has 1 aromatic carbocycles. The number of nitrogens with one attached hydrogen (secondary N) is 1. The third kappa shape index (κ3) is 4.64. The van der Waals surface area contributed by atoms with Crippen LogP contribution in [0.5, 0.6) is 5.75 Å². The largest absolute Gasteiger partial charge is 0.433 e. The molecule has 0 bridgehead atoms. The zero-order valence-corrected chi connectivity index (χ0v) is 9.62. The Balaban J connectivity index is 2.93. The SMILES string of the molecule is O=[N+]([O-])c1ccc(OC(F)F)c(NCC(O)CO)c1. The summed E-state index contributed by atoms with van der Waals surface area (Å²) in [5.74, 6) is -0.286. The molecule has 0 saturated heterocycles. The average molecular weight is 278 g/mol. The molecule has 0 aliphatic carbocycles. The van der Waals surface area contributed by atoms with E-state index in [1.54, 1.807) is 0 Å². The molecule has 1 rings (SSSR count). The molecule has 0 aliphatic heterocycles. The molecule has 0 aromatic heterocycles. The van der Waals surface area contributed by atoms with Gasteiger partial charge in [0.25, 0.3) is 5.69 Å². The number of nitrogens with zero attached hydrogens (tertiary/aromatic N) is 1. The zero-order valence-electron chi connectivity index (χ0n) is 9.62. The number of rotatable bonds is 7. The first kappa shape index (κ1) is 15.1. The van der Waals surface area contributed by atoms with Crippen molar-refractivity contribution in [3.05, 3.63) is 28.3 Å². The van der Waals surface area contributed by atoms with Crippen LogP contribution in [0.4, 0.5) is 20.2 Å². The molecule has 106 valence electrons. The molecule has 1 unspecified atom stereocenters. The van der Waals surface area contributed by atoms with Gasteiger partial charge in [-0.3, -0.25) is 10.1 Å². The van der Waals surface area contributed by atoms with Crippen molar-refractivity contribution < 1.29 is 28.7 Å². The predicted octanol–water partition coefficient (Wildman–Crippen LogP) is 0.961. The highest BCUT2D eigenvalue weighted by molar-refractivity contribution is 5.61. The first-order valence-electron chi connectivity index (χ1n) is 5.20. The van der Waals surface area contributed by atoms with Gasteiger partial charge in [-0.25, -0.2) is 0 Å². The number of aliphatic hydroxyl groups is 2. The summed E-state index contributed by atoms with van der Waals surface area (Å²) in [4.78, 5) is 9.89. The molecule has 9 heteroatoms. The Morgan fingerprint density at radius 1 is 1.47 bits per heavy atom. The summed E-state index contributed by atoms with van der Waals surface area (Å²) in [5, 5.41) is 30.8. The number of hydrogen-bond acceptors (Lipinski definition) is 6. The number of aliphatic hydroxyl groups excluding tert-OH is 2. The number of nitro benzene ring substituents is 1. The minimum absolute atomic E-state index is 0.0676. The van der Waals surface area contributed by atoms with Gasteiger partial charge in [0, 0.05) is 18.7 Å². The monoisotopic (exact) mass is 278 g/mol. The van der Waals surface area contributed by atoms with Gasteiger partial charge in [0.1, 0.15) is 5.75 Å².